The van der Waals surface area contributed by atoms with Gasteiger partial charge in [-0.15, -0.1) is 0 Å². The molecular weight excluding hydrogens is 330 g/mol. The predicted molar refractivity (Wildman–Crippen MR) is 96.4 cm³/mol. The Bertz CT molecular complexity index is 1040. The first-order valence-corrected chi connectivity index (χ1v) is 7.98. The molecule has 26 heavy (non-hydrogen) atoms. The molecule has 0 fully saturated rings. The molecule has 1 aromatic carbocycles. The highest BCUT2D eigenvalue weighted by molar-refractivity contribution is 6.06. The van der Waals surface area contributed by atoms with E-state index in [4.69, 9.17) is 4.42 Å². The molecular formula is C19H15N5O2. The van der Waals surface area contributed by atoms with Crippen molar-refractivity contribution < 1.29 is 9.21 Å². The minimum atomic E-state index is -0.387. The first kappa shape index (κ1) is 15.8. The summed E-state index contributed by atoms with van der Waals surface area (Å²) >= 11 is 0. The number of oxazole rings is 1. The fourth-order valence-electron chi connectivity index (χ4n) is 2.56. The monoisotopic (exact) mass is 345 g/mol. The molecule has 0 saturated heterocycles. The molecule has 0 atom stereocenters. The minimum absolute atomic E-state index is 0.210. The molecule has 0 aliphatic carbocycles. The summed E-state index contributed by atoms with van der Waals surface area (Å²) in [4.78, 5) is 20.6. The highest BCUT2D eigenvalue weighted by Gasteiger charge is 2.19. The van der Waals surface area contributed by atoms with Crippen molar-refractivity contribution in [1.29, 1.82) is 0 Å². The van der Waals surface area contributed by atoms with Crippen molar-refractivity contribution in [2.75, 3.05) is 5.32 Å². The summed E-state index contributed by atoms with van der Waals surface area (Å²) in [5.41, 5.74) is 3.83. The molecule has 128 valence electrons. The molecule has 0 unspecified atom stereocenters. The number of hydrogen-bond acceptors (Lipinski definition) is 5. The van der Waals surface area contributed by atoms with Gasteiger partial charge in [-0.1, -0.05) is 29.8 Å². The summed E-state index contributed by atoms with van der Waals surface area (Å²) in [6, 6.07) is 13.1. The van der Waals surface area contributed by atoms with Gasteiger partial charge in [0.25, 0.3) is 5.91 Å². The van der Waals surface area contributed by atoms with Gasteiger partial charge >= 0.3 is 0 Å². The summed E-state index contributed by atoms with van der Waals surface area (Å²) in [6.07, 6.45) is 4.65. The van der Waals surface area contributed by atoms with E-state index in [1.807, 2.05) is 43.3 Å². The van der Waals surface area contributed by atoms with Crippen molar-refractivity contribution >= 4 is 11.7 Å². The fraction of sp³-hybridized carbons (Fsp3) is 0.0526. The van der Waals surface area contributed by atoms with Crippen LogP contribution in [0.2, 0.25) is 0 Å². The lowest BCUT2D eigenvalue weighted by Gasteiger charge is -2.02. The molecule has 4 rings (SSSR count). The third-order valence-corrected chi connectivity index (χ3v) is 3.91. The molecule has 3 heterocycles. The summed E-state index contributed by atoms with van der Waals surface area (Å²) in [5, 5.41) is 9.75. The number of nitrogens with one attached hydrogen (secondary N) is 2. The Hall–Kier alpha value is -3.74. The standard InChI is InChI=1S/C19H15N5O2/c1-12-2-4-14(5-3-12)18-17(21-11-26-18)19(25)22-16-10-15(23-24-16)13-6-8-20-9-7-13/h2-11H,1H3,(H2,22,23,24,25). The van der Waals surface area contributed by atoms with Crippen molar-refractivity contribution in [3.63, 3.8) is 0 Å². The molecule has 0 aliphatic rings. The highest BCUT2D eigenvalue weighted by Crippen LogP contribution is 2.25. The van der Waals surface area contributed by atoms with Crippen LogP contribution in [0.15, 0.2) is 65.7 Å². The number of anilines is 1. The Morgan fingerprint density at radius 3 is 2.62 bits per heavy atom. The summed E-state index contributed by atoms with van der Waals surface area (Å²) < 4.78 is 5.42. The Kier molecular flexibility index (Phi) is 4.03. The molecule has 2 N–H and O–H groups in total. The second-order valence-electron chi connectivity index (χ2n) is 5.75. The molecule has 4 aromatic rings. The van der Waals surface area contributed by atoms with Gasteiger partial charge in [-0.25, -0.2) is 4.98 Å². The van der Waals surface area contributed by atoms with Crippen LogP contribution < -0.4 is 5.32 Å². The zero-order valence-corrected chi connectivity index (χ0v) is 13.9. The van der Waals surface area contributed by atoms with Gasteiger partial charge in [0.1, 0.15) is 0 Å². The lowest BCUT2D eigenvalue weighted by Crippen LogP contribution is -2.13. The van der Waals surface area contributed by atoms with Gasteiger partial charge in [-0.3, -0.25) is 14.9 Å². The smallest absolute Gasteiger partial charge is 0.279 e. The molecule has 0 radical (unpaired) electrons. The number of carbonyl (C=O) groups is 1. The van der Waals surface area contributed by atoms with Crippen LogP contribution in [0.3, 0.4) is 0 Å². The molecule has 3 aromatic heterocycles. The SMILES string of the molecule is Cc1ccc(-c2ocnc2C(=O)Nc2cc(-c3ccncc3)[nH]n2)cc1. The van der Waals surface area contributed by atoms with E-state index in [-0.39, 0.29) is 11.6 Å². The normalized spacial score (nSPS) is 10.7. The Labute approximate surface area is 149 Å². The maximum absolute atomic E-state index is 12.6. The molecule has 0 saturated carbocycles. The van der Waals surface area contributed by atoms with Gasteiger partial charge in [0, 0.05) is 29.6 Å². The largest absolute Gasteiger partial charge is 0.443 e. The topological polar surface area (TPSA) is 96.7 Å². The van der Waals surface area contributed by atoms with Gasteiger partial charge in [0.15, 0.2) is 23.7 Å². The molecule has 0 aliphatic heterocycles. The summed E-state index contributed by atoms with van der Waals surface area (Å²) in [5.74, 6) is 0.439. The fourth-order valence-corrected chi connectivity index (χ4v) is 2.56. The number of pyridine rings is 1. The quantitative estimate of drug-likeness (QED) is 0.588. The van der Waals surface area contributed by atoms with E-state index in [1.54, 1.807) is 18.5 Å². The Morgan fingerprint density at radius 1 is 1.08 bits per heavy atom. The number of aromatic nitrogens is 4. The van der Waals surface area contributed by atoms with Crippen molar-refractivity contribution in [1.82, 2.24) is 20.2 Å². The number of rotatable bonds is 4. The molecule has 7 nitrogen and oxygen atoms in total. The van der Waals surface area contributed by atoms with Crippen LogP contribution in [0.5, 0.6) is 0 Å². The first-order valence-electron chi connectivity index (χ1n) is 7.98. The number of carbonyl (C=O) groups excluding carboxylic acids is 1. The minimum Gasteiger partial charge on any atom is -0.443 e. The molecule has 0 spiro atoms. The van der Waals surface area contributed by atoms with Crippen LogP contribution in [0, 0.1) is 6.92 Å². The van der Waals surface area contributed by atoms with Gasteiger partial charge in [-0.05, 0) is 19.1 Å². The second kappa shape index (κ2) is 6.64. The summed E-state index contributed by atoms with van der Waals surface area (Å²) in [7, 11) is 0. The van der Waals surface area contributed by atoms with Crippen molar-refractivity contribution in [2.24, 2.45) is 0 Å². The third-order valence-electron chi connectivity index (χ3n) is 3.91. The van der Waals surface area contributed by atoms with E-state index in [0.717, 1.165) is 22.4 Å². The number of amides is 1. The van der Waals surface area contributed by atoms with Crippen molar-refractivity contribution in [3.05, 3.63) is 72.5 Å². The third kappa shape index (κ3) is 3.10. The lowest BCUT2D eigenvalue weighted by molar-refractivity contribution is 0.102. The summed E-state index contributed by atoms with van der Waals surface area (Å²) in [6.45, 7) is 2.00. The Balaban J connectivity index is 1.56. The maximum atomic E-state index is 12.6. The van der Waals surface area contributed by atoms with Gasteiger partial charge in [0.05, 0.1) is 5.69 Å². The highest BCUT2D eigenvalue weighted by atomic mass is 16.3. The average molecular weight is 345 g/mol. The van der Waals surface area contributed by atoms with E-state index in [0.29, 0.717) is 11.6 Å². The predicted octanol–water partition coefficient (Wildman–Crippen LogP) is 3.69. The number of nitrogens with zero attached hydrogens (tertiary/aromatic N) is 3. The van der Waals surface area contributed by atoms with Gasteiger partial charge < -0.3 is 9.73 Å². The van der Waals surface area contributed by atoms with Crippen LogP contribution >= 0.6 is 0 Å². The lowest BCUT2D eigenvalue weighted by atomic mass is 10.1. The van der Waals surface area contributed by atoms with E-state index in [1.165, 1.54) is 6.39 Å². The van der Waals surface area contributed by atoms with Crippen LogP contribution in [0.4, 0.5) is 5.82 Å². The molecule has 1 amide bonds. The number of aromatic amines is 1. The maximum Gasteiger partial charge on any atom is 0.279 e. The van der Waals surface area contributed by atoms with Crippen LogP contribution in [-0.4, -0.2) is 26.1 Å². The van der Waals surface area contributed by atoms with E-state index in [2.05, 4.69) is 25.5 Å². The van der Waals surface area contributed by atoms with E-state index >= 15 is 0 Å². The zero-order chi connectivity index (χ0) is 17.9. The second-order valence-corrected chi connectivity index (χ2v) is 5.75. The average Bonchev–Trinajstić information content (AvgIpc) is 3.33. The first-order chi connectivity index (χ1) is 12.7. The van der Waals surface area contributed by atoms with Crippen molar-refractivity contribution in [2.45, 2.75) is 6.92 Å². The van der Waals surface area contributed by atoms with E-state index in [9.17, 15) is 4.79 Å². The Morgan fingerprint density at radius 2 is 1.85 bits per heavy atom. The van der Waals surface area contributed by atoms with Gasteiger partial charge in [0.2, 0.25) is 0 Å². The number of hydrogen-bond donors (Lipinski definition) is 2. The van der Waals surface area contributed by atoms with Crippen LogP contribution in [0.25, 0.3) is 22.6 Å². The molecule has 7 heteroatoms. The van der Waals surface area contributed by atoms with Crippen LogP contribution in [0.1, 0.15) is 16.1 Å². The van der Waals surface area contributed by atoms with E-state index < -0.39 is 0 Å². The number of H-pyrrole nitrogens is 1. The van der Waals surface area contributed by atoms with Crippen molar-refractivity contribution in [3.8, 4) is 22.6 Å². The number of aryl methyl sites for hydroxylation is 1. The number of benzene rings is 1. The van der Waals surface area contributed by atoms with Gasteiger partial charge in [-0.2, -0.15) is 5.10 Å². The molecule has 0 bridgehead atoms. The van der Waals surface area contributed by atoms with Crippen LogP contribution in [-0.2, 0) is 0 Å². The zero-order valence-electron chi connectivity index (χ0n) is 13.9.